The van der Waals surface area contributed by atoms with Crippen LogP contribution in [0.25, 0.3) is 50.0 Å². The van der Waals surface area contributed by atoms with Gasteiger partial charge in [-0.1, -0.05) is 140 Å². The highest BCUT2D eigenvalue weighted by molar-refractivity contribution is 5.93. The Hall–Kier alpha value is -7.38. The Kier molecular flexibility index (Phi) is 8.20. The molecule has 4 unspecified atom stereocenters. The second-order valence-electron chi connectivity index (χ2n) is 17.7. The highest BCUT2D eigenvalue weighted by Crippen LogP contribution is 2.66. The Bertz CT molecular complexity index is 3270. The molecule has 0 spiro atoms. The van der Waals surface area contributed by atoms with Gasteiger partial charge in [0.1, 0.15) is 0 Å². The van der Waals surface area contributed by atoms with E-state index < -0.39 is 16.2 Å². The van der Waals surface area contributed by atoms with Crippen LogP contribution in [0.3, 0.4) is 0 Å². The zero-order valence-corrected chi connectivity index (χ0v) is 35.0. The second-order valence-corrected chi connectivity index (χ2v) is 17.7. The molecule has 5 aromatic carbocycles. The van der Waals surface area contributed by atoms with Gasteiger partial charge < -0.3 is 14.8 Å². The smallest absolute Gasteiger partial charge is 0.306 e. The number of fused-ring (bicyclic) bond motifs is 11. The van der Waals surface area contributed by atoms with Crippen LogP contribution in [-0.2, 0) is 35.3 Å². The average molecular weight is 822 g/mol. The van der Waals surface area contributed by atoms with Gasteiger partial charge in [0.15, 0.2) is 0 Å². The van der Waals surface area contributed by atoms with Crippen LogP contribution in [0, 0.1) is 0 Å². The van der Waals surface area contributed by atoms with Crippen molar-refractivity contribution in [1.29, 1.82) is 0 Å². The van der Waals surface area contributed by atoms with Crippen LogP contribution in [-0.4, -0.2) is 42.2 Å². The number of allylic oxidation sites excluding steroid dienone is 4. The summed E-state index contributed by atoms with van der Waals surface area (Å²) in [6.45, 7) is 0. The van der Waals surface area contributed by atoms with E-state index in [4.69, 9.17) is 19.4 Å². The van der Waals surface area contributed by atoms with Crippen LogP contribution in [0.2, 0.25) is 0 Å². The molecule has 3 heterocycles. The maximum absolute atomic E-state index is 14.3. The number of aromatic nitrogens is 2. The van der Waals surface area contributed by atoms with Crippen molar-refractivity contribution in [3.8, 4) is 22.5 Å². The van der Waals surface area contributed by atoms with Gasteiger partial charge in [0, 0.05) is 49.4 Å². The first kappa shape index (κ1) is 37.4. The number of dihydropyridines is 1. The third-order valence-electron chi connectivity index (χ3n) is 14.6. The lowest BCUT2D eigenvalue weighted by molar-refractivity contribution is -0.142. The number of rotatable bonds is 8. The van der Waals surface area contributed by atoms with E-state index in [-0.39, 0.29) is 30.8 Å². The number of pyridine rings is 2. The topological polar surface area (TPSA) is 90.4 Å². The number of nitrogens with one attached hydrogen (secondary N) is 1. The van der Waals surface area contributed by atoms with E-state index in [9.17, 15) is 9.59 Å². The summed E-state index contributed by atoms with van der Waals surface area (Å²) in [6, 6.07) is 46.7. The summed E-state index contributed by atoms with van der Waals surface area (Å²) < 4.78 is 11.3. The summed E-state index contributed by atoms with van der Waals surface area (Å²) in [5, 5.41) is 5.94. The molecule has 306 valence electrons. The minimum Gasteiger partial charge on any atom is -0.469 e. The van der Waals surface area contributed by atoms with Gasteiger partial charge in [-0.25, -0.2) is 9.97 Å². The van der Waals surface area contributed by atoms with Crippen molar-refractivity contribution in [1.82, 2.24) is 15.3 Å². The van der Waals surface area contributed by atoms with Crippen molar-refractivity contribution in [2.45, 2.75) is 48.0 Å². The molecule has 4 atom stereocenters. The highest BCUT2D eigenvalue weighted by atomic mass is 16.5. The standard InChI is InChI=1S/C56H43N3O4/c1-62-49(60)30-54(40-21-9-6-18-37(40)51-43(54)27-34-15-3-12-24-46(34)57-51)32-56(42-23-11-8-20-39(42)53-45(56)29-36-17-5-14-26-48(36)59-53)33-55(31-50(61)63-2)41-22-10-7-19-38(41)52-44(55)28-35-16-4-13-25-47(35)58-52/h3-29,46,57H,30-33H2,1-2H3. The second kappa shape index (κ2) is 13.8. The Balaban J connectivity index is 1.21. The Labute approximate surface area is 365 Å². The number of ether oxygens (including phenoxy) is 2. The number of nitrogens with zero attached hydrogens (tertiary/aromatic N) is 2. The molecule has 2 aromatic heterocycles. The van der Waals surface area contributed by atoms with Gasteiger partial charge in [0.05, 0.1) is 55.5 Å². The van der Waals surface area contributed by atoms with Crippen molar-refractivity contribution in [2.24, 2.45) is 0 Å². The third-order valence-corrected chi connectivity index (χ3v) is 14.6. The van der Waals surface area contributed by atoms with Gasteiger partial charge in [-0.2, -0.15) is 0 Å². The summed E-state index contributed by atoms with van der Waals surface area (Å²) in [4.78, 5) is 39.5. The SMILES string of the molecule is COC(=O)CC1(CC2(CC3(CC(=O)OC)c4ccccc4-c4nc5ccccc5cc43)c3ccccc3-c3nc4ccccc4cc32)C2=C(NC3C=CC=CC3=C2)c2ccccc21. The van der Waals surface area contributed by atoms with Crippen LogP contribution in [0.1, 0.15) is 59.1 Å². The molecular formula is C56H43N3O4. The van der Waals surface area contributed by atoms with Crippen molar-refractivity contribution in [2.75, 3.05) is 14.2 Å². The summed E-state index contributed by atoms with van der Waals surface area (Å²) in [7, 11) is 2.96. The number of methoxy groups -OCH3 is 2. The van der Waals surface area contributed by atoms with Gasteiger partial charge >= 0.3 is 11.9 Å². The van der Waals surface area contributed by atoms with Gasteiger partial charge in [0.2, 0.25) is 0 Å². The molecular weight excluding hydrogens is 779 g/mol. The molecule has 12 rings (SSSR count). The van der Waals surface area contributed by atoms with Crippen LogP contribution >= 0.6 is 0 Å². The van der Waals surface area contributed by atoms with Gasteiger partial charge in [-0.05, 0) is 76.1 Å². The maximum atomic E-state index is 14.3. The molecule has 7 aromatic rings. The maximum Gasteiger partial charge on any atom is 0.306 e. The minimum absolute atomic E-state index is 0.00895. The van der Waals surface area contributed by atoms with Crippen molar-refractivity contribution < 1.29 is 19.1 Å². The van der Waals surface area contributed by atoms with E-state index in [2.05, 4.69) is 145 Å². The van der Waals surface area contributed by atoms with Crippen molar-refractivity contribution in [3.05, 3.63) is 208 Å². The molecule has 4 aliphatic carbocycles. The average Bonchev–Trinajstić information content (AvgIpc) is 3.84. The fraction of sp³-hybridized carbons (Fsp3) is 0.179. The predicted octanol–water partition coefficient (Wildman–Crippen LogP) is 10.6. The minimum atomic E-state index is -0.927. The zero-order valence-electron chi connectivity index (χ0n) is 35.0. The van der Waals surface area contributed by atoms with Crippen molar-refractivity contribution in [3.63, 3.8) is 0 Å². The van der Waals surface area contributed by atoms with E-state index in [0.717, 1.165) is 94.5 Å². The van der Waals surface area contributed by atoms with Gasteiger partial charge in [-0.15, -0.1) is 0 Å². The Morgan fingerprint density at radius 1 is 0.571 bits per heavy atom. The molecule has 0 fully saturated rings. The van der Waals surface area contributed by atoms with Crippen molar-refractivity contribution >= 4 is 39.4 Å². The summed E-state index contributed by atoms with van der Waals surface area (Å²) in [5.74, 6) is -0.609. The lowest BCUT2D eigenvalue weighted by Crippen LogP contribution is -2.45. The molecule has 0 radical (unpaired) electrons. The molecule has 1 aliphatic heterocycles. The number of carbonyl (C=O) groups excluding carboxylic acids is 2. The number of hydrogen-bond acceptors (Lipinski definition) is 7. The summed E-state index contributed by atoms with van der Waals surface area (Å²) >= 11 is 0. The molecule has 7 nitrogen and oxygen atoms in total. The predicted molar refractivity (Wildman–Crippen MR) is 247 cm³/mol. The fourth-order valence-electron chi connectivity index (χ4n) is 12.0. The number of hydrogen-bond donors (Lipinski definition) is 1. The largest absolute Gasteiger partial charge is 0.469 e. The number of para-hydroxylation sites is 2. The quantitative estimate of drug-likeness (QED) is 0.153. The molecule has 7 heteroatoms. The first-order chi connectivity index (χ1) is 30.9. The van der Waals surface area contributed by atoms with Gasteiger partial charge in [0.25, 0.3) is 0 Å². The van der Waals surface area contributed by atoms with E-state index in [1.54, 1.807) is 0 Å². The number of carbonyl (C=O) groups is 2. The Morgan fingerprint density at radius 2 is 1.06 bits per heavy atom. The highest BCUT2D eigenvalue weighted by Gasteiger charge is 2.60. The molecule has 63 heavy (non-hydrogen) atoms. The molecule has 5 aliphatic rings. The molecule has 1 N–H and O–H groups in total. The summed E-state index contributed by atoms with van der Waals surface area (Å²) in [5.41, 5.74) is 12.5. The third kappa shape index (κ3) is 5.32. The zero-order chi connectivity index (χ0) is 42.5. The van der Waals surface area contributed by atoms with Crippen LogP contribution in [0.5, 0.6) is 0 Å². The summed E-state index contributed by atoms with van der Waals surface area (Å²) in [6.07, 6.45) is 11.9. The first-order valence-electron chi connectivity index (χ1n) is 21.7. The lowest BCUT2D eigenvalue weighted by Gasteiger charge is -2.47. The number of benzene rings is 5. The first-order valence-corrected chi connectivity index (χ1v) is 21.7. The molecule has 0 saturated heterocycles. The molecule has 0 saturated carbocycles. The van der Waals surface area contributed by atoms with E-state index in [1.807, 2.05) is 24.3 Å². The fourth-order valence-corrected chi connectivity index (χ4v) is 12.0. The molecule has 0 bridgehead atoms. The van der Waals surface area contributed by atoms with E-state index in [0.29, 0.717) is 12.8 Å². The van der Waals surface area contributed by atoms with E-state index in [1.165, 1.54) is 14.2 Å². The van der Waals surface area contributed by atoms with Gasteiger partial charge in [-0.3, -0.25) is 9.59 Å². The molecule has 0 amide bonds. The normalized spacial score (nSPS) is 22.9. The lowest BCUT2D eigenvalue weighted by atomic mass is 9.54. The Morgan fingerprint density at radius 3 is 1.68 bits per heavy atom. The van der Waals surface area contributed by atoms with E-state index >= 15 is 0 Å². The monoisotopic (exact) mass is 821 g/mol. The van der Waals surface area contributed by atoms with Crippen LogP contribution in [0.15, 0.2) is 175 Å². The van der Waals surface area contributed by atoms with Crippen LogP contribution < -0.4 is 5.32 Å². The number of esters is 2. The van der Waals surface area contributed by atoms with Crippen LogP contribution in [0.4, 0.5) is 0 Å².